The van der Waals surface area contributed by atoms with Gasteiger partial charge in [-0.1, -0.05) is 48.5 Å². The number of hydrogen-bond acceptors (Lipinski definition) is 3. The maximum absolute atomic E-state index is 12.5. The Balaban J connectivity index is 1.90. The number of hydrogen-bond donors (Lipinski definition) is 1. The van der Waals surface area contributed by atoms with Crippen LogP contribution in [0.5, 0.6) is 5.75 Å². The number of ether oxygens (including phenoxy) is 1. The SMILES string of the molecule is COc1ccc(-c2cc(-c3ccc4ccccc4c3)[nH]c(=O)c2C#N)cc1. The summed E-state index contributed by atoms with van der Waals surface area (Å²) in [6.45, 7) is 0. The number of methoxy groups -OCH3 is 1. The normalized spacial score (nSPS) is 10.5. The van der Waals surface area contributed by atoms with Crippen molar-refractivity contribution in [1.82, 2.24) is 4.98 Å². The van der Waals surface area contributed by atoms with E-state index in [4.69, 9.17) is 4.74 Å². The van der Waals surface area contributed by atoms with Crippen LogP contribution in [0.2, 0.25) is 0 Å². The molecule has 0 bridgehead atoms. The first-order valence-corrected chi connectivity index (χ1v) is 8.50. The maximum Gasteiger partial charge on any atom is 0.266 e. The molecule has 0 unspecified atom stereocenters. The second-order valence-corrected chi connectivity index (χ2v) is 6.20. The van der Waals surface area contributed by atoms with Gasteiger partial charge in [0.05, 0.1) is 7.11 Å². The lowest BCUT2D eigenvalue weighted by Gasteiger charge is -2.09. The molecule has 0 aliphatic rings. The van der Waals surface area contributed by atoms with Crippen molar-refractivity contribution in [3.8, 4) is 34.2 Å². The average Bonchev–Trinajstić information content (AvgIpc) is 2.73. The molecule has 4 aromatic rings. The van der Waals surface area contributed by atoms with E-state index in [-0.39, 0.29) is 5.56 Å². The monoisotopic (exact) mass is 352 g/mol. The Morgan fingerprint density at radius 2 is 1.59 bits per heavy atom. The molecule has 130 valence electrons. The van der Waals surface area contributed by atoms with Crippen molar-refractivity contribution < 1.29 is 4.74 Å². The third-order valence-corrected chi connectivity index (χ3v) is 4.61. The van der Waals surface area contributed by atoms with Crippen molar-refractivity contribution in [3.05, 3.63) is 88.7 Å². The summed E-state index contributed by atoms with van der Waals surface area (Å²) in [5.41, 5.74) is 2.67. The van der Waals surface area contributed by atoms with Crippen molar-refractivity contribution in [2.24, 2.45) is 0 Å². The van der Waals surface area contributed by atoms with E-state index in [1.54, 1.807) is 7.11 Å². The third-order valence-electron chi connectivity index (χ3n) is 4.61. The average molecular weight is 352 g/mol. The van der Waals surface area contributed by atoms with Crippen LogP contribution in [-0.4, -0.2) is 12.1 Å². The molecule has 1 heterocycles. The number of rotatable bonds is 3. The van der Waals surface area contributed by atoms with Crippen molar-refractivity contribution in [3.63, 3.8) is 0 Å². The number of nitrogens with zero attached hydrogens (tertiary/aromatic N) is 1. The molecule has 4 rings (SSSR count). The predicted molar refractivity (Wildman–Crippen MR) is 107 cm³/mol. The smallest absolute Gasteiger partial charge is 0.266 e. The molecule has 0 fully saturated rings. The number of nitrogens with one attached hydrogen (secondary N) is 1. The lowest BCUT2D eigenvalue weighted by atomic mass is 9.98. The second kappa shape index (κ2) is 6.81. The largest absolute Gasteiger partial charge is 0.497 e. The van der Waals surface area contributed by atoms with Gasteiger partial charge in [0.1, 0.15) is 17.4 Å². The maximum atomic E-state index is 12.5. The quantitative estimate of drug-likeness (QED) is 0.579. The zero-order valence-corrected chi connectivity index (χ0v) is 14.7. The standard InChI is InChI=1S/C23H16N2O2/c1-27-19-10-8-16(9-11-19)20-13-22(25-23(26)21(20)14-24)18-7-6-15-4-2-3-5-17(15)12-18/h2-13H,1H3,(H,25,26). The van der Waals surface area contributed by atoms with Crippen LogP contribution in [0.15, 0.2) is 77.6 Å². The fraction of sp³-hybridized carbons (Fsp3) is 0.0435. The number of nitriles is 1. The molecule has 27 heavy (non-hydrogen) atoms. The van der Waals surface area contributed by atoms with Crippen LogP contribution in [-0.2, 0) is 0 Å². The molecule has 0 radical (unpaired) electrons. The Morgan fingerprint density at radius 1 is 0.889 bits per heavy atom. The van der Waals surface area contributed by atoms with E-state index in [1.807, 2.05) is 78.9 Å². The molecule has 0 saturated carbocycles. The third kappa shape index (κ3) is 3.07. The Bertz CT molecular complexity index is 1230. The molecule has 0 atom stereocenters. The minimum Gasteiger partial charge on any atom is -0.497 e. The van der Waals surface area contributed by atoms with Crippen molar-refractivity contribution in [2.45, 2.75) is 0 Å². The number of pyridine rings is 1. The lowest BCUT2D eigenvalue weighted by molar-refractivity contribution is 0.415. The Kier molecular flexibility index (Phi) is 4.19. The number of aromatic nitrogens is 1. The molecule has 0 aliphatic heterocycles. The van der Waals surface area contributed by atoms with Gasteiger partial charge >= 0.3 is 0 Å². The number of H-pyrrole nitrogens is 1. The molecule has 4 heteroatoms. The first-order chi connectivity index (χ1) is 13.2. The molecule has 0 spiro atoms. The number of aromatic amines is 1. The van der Waals surface area contributed by atoms with Gasteiger partial charge < -0.3 is 9.72 Å². The lowest BCUT2D eigenvalue weighted by Crippen LogP contribution is -2.12. The second-order valence-electron chi connectivity index (χ2n) is 6.20. The summed E-state index contributed by atoms with van der Waals surface area (Å²) in [6.07, 6.45) is 0. The Morgan fingerprint density at radius 3 is 2.30 bits per heavy atom. The molecule has 0 saturated heterocycles. The molecule has 1 N–H and O–H groups in total. The van der Waals surface area contributed by atoms with E-state index in [9.17, 15) is 10.1 Å². The summed E-state index contributed by atoms with van der Waals surface area (Å²) in [6, 6.07) is 25.3. The van der Waals surface area contributed by atoms with Gasteiger partial charge in [-0.05, 0) is 46.2 Å². The van der Waals surface area contributed by atoms with Crippen LogP contribution in [0.4, 0.5) is 0 Å². The molecular weight excluding hydrogens is 336 g/mol. The van der Waals surface area contributed by atoms with E-state index in [0.29, 0.717) is 11.3 Å². The minimum absolute atomic E-state index is 0.102. The van der Waals surface area contributed by atoms with Gasteiger partial charge in [-0.2, -0.15) is 5.26 Å². The first-order valence-electron chi connectivity index (χ1n) is 8.50. The fourth-order valence-electron chi connectivity index (χ4n) is 3.18. The van der Waals surface area contributed by atoms with Gasteiger partial charge in [-0.3, -0.25) is 4.79 Å². The predicted octanol–water partition coefficient (Wildman–Crippen LogP) is 4.74. The van der Waals surface area contributed by atoms with Gasteiger partial charge in [0.2, 0.25) is 0 Å². The van der Waals surface area contributed by atoms with Crippen LogP contribution >= 0.6 is 0 Å². The van der Waals surface area contributed by atoms with Gasteiger partial charge in [-0.25, -0.2) is 0 Å². The topological polar surface area (TPSA) is 65.9 Å². The van der Waals surface area contributed by atoms with Crippen LogP contribution in [0.1, 0.15) is 5.56 Å². The van der Waals surface area contributed by atoms with Crippen LogP contribution in [0.25, 0.3) is 33.2 Å². The zero-order valence-electron chi connectivity index (χ0n) is 14.7. The molecule has 0 amide bonds. The first kappa shape index (κ1) is 16.6. The van der Waals surface area contributed by atoms with E-state index in [0.717, 1.165) is 27.6 Å². The molecule has 1 aromatic heterocycles. The molecule has 4 nitrogen and oxygen atoms in total. The Hall–Kier alpha value is -3.84. The summed E-state index contributed by atoms with van der Waals surface area (Å²) >= 11 is 0. The van der Waals surface area contributed by atoms with Gasteiger partial charge in [-0.15, -0.1) is 0 Å². The van der Waals surface area contributed by atoms with E-state index in [2.05, 4.69) is 4.98 Å². The molecule has 3 aromatic carbocycles. The van der Waals surface area contributed by atoms with Crippen LogP contribution in [0, 0.1) is 11.3 Å². The molecular formula is C23H16N2O2. The highest BCUT2D eigenvalue weighted by Crippen LogP contribution is 2.29. The van der Waals surface area contributed by atoms with Gasteiger partial charge in [0.15, 0.2) is 0 Å². The van der Waals surface area contributed by atoms with E-state index < -0.39 is 5.56 Å². The summed E-state index contributed by atoms with van der Waals surface area (Å²) in [7, 11) is 1.60. The van der Waals surface area contributed by atoms with E-state index >= 15 is 0 Å². The highest BCUT2D eigenvalue weighted by Gasteiger charge is 2.13. The molecule has 0 aliphatic carbocycles. The Labute approximate surface area is 156 Å². The minimum atomic E-state index is -0.394. The van der Waals surface area contributed by atoms with Gasteiger partial charge in [0.25, 0.3) is 5.56 Å². The van der Waals surface area contributed by atoms with Crippen molar-refractivity contribution in [1.29, 1.82) is 5.26 Å². The van der Waals surface area contributed by atoms with E-state index in [1.165, 1.54) is 0 Å². The number of fused-ring (bicyclic) bond motifs is 1. The highest BCUT2D eigenvalue weighted by molar-refractivity contribution is 5.87. The van der Waals surface area contributed by atoms with Crippen LogP contribution < -0.4 is 10.3 Å². The number of benzene rings is 3. The van der Waals surface area contributed by atoms with Gasteiger partial charge in [0, 0.05) is 11.3 Å². The summed E-state index contributed by atoms with van der Waals surface area (Å²) in [5.74, 6) is 0.719. The summed E-state index contributed by atoms with van der Waals surface area (Å²) in [5, 5.41) is 11.7. The van der Waals surface area contributed by atoms with Crippen molar-refractivity contribution in [2.75, 3.05) is 7.11 Å². The fourth-order valence-corrected chi connectivity index (χ4v) is 3.18. The highest BCUT2D eigenvalue weighted by atomic mass is 16.5. The summed E-state index contributed by atoms with van der Waals surface area (Å²) in [4.78, 5) is 15.4. The zero-order chi connectivity index (χ0) is 18.8. The van der Waals surface area contributed by atoms with Crippen molar-refractivity contribution >= 4 is 10.8 Å². The summed E-state index contributed by atoms with van der Waals surface area (Å²) < 4.78 is 5.19. The van der Waals surface area contributed by atoms with Crippen LogP contribution in [0.3, 0.4) is 0 Å².